The molecule has 1 heterocycles. The summed E-state index contributed by atoms with van der Waals surface area (Å²) >= 11 is 0. The molecule has 0 aliphatic carbocycles. The Balaban J connectivity index is 1.48. The van der Waals surface area contributed by atoms with Gasteiger partial charge in [-0.25, -0.2) is 4.79 Å². The highest BCUT2D eigenvalue weighted by atomic mass is 16.5. The Labute approximate surface area is 172 Å². The highest BCUT2D eigenvalue weighted by Gasteiger charge is 2.09. The minimum Gasteiger partial charge on any atom is -0.494 e. The second-order valence-corrected chi connectivity index (χ2v) is 6.90. The van der Waals surface area contributed by atoms with Crippen LogP contribution in [0.5, 0.6) is 5.75 Å². The van der Waals surface area contributed by atoms with E-state index in [1.807, 2.05) is 36.4 Å². The number of ether oxygens (including phenoxy) is 2. The maximum absolute atomic E-state index is 12.1. The number of esters is 1. The zero-order valence-electron chi connectivity index (χ0n) is 16.8. The lowest BCUT2D eigenvalue weighted by Crippen LogP contribution is -2.04. The predicted octanol–water partition coefficient (Wildman–Crippen LogP) is 6.25. The molecule has 2 aromatic carbocycles. The van der Waals surface area contributed by atoms with E-state index >= 15 is 0 Å². The number of rotatable bonds is 11. The smallest absolute Gasteiger partial charge is 0.338 e. The molecular weight excluding hydrogens is 364 g/mol. The van der Waals surface area contributed by atoms with Gasteiger partial charge in [0.2, 0.25) is 0 Å². The van der Waals surface area contributed by atoms with E-state index in [1.54, 1.807) is 18.2 Å². The first kappa shape index (κ1) is 20.5. The van der Waals surface area contributed by atoms with Crippen molar-refractivity contribution in [3.8, 4) is 16.9 Å². The van der Waals surface area contributed by atoms with E-state index in [0.29, 0.717) is 11.3 Å². The van der Waals surface area contributed by atoms with Gasteiger partial charge in [-0.1, -0.05) is 56.9 Å². The van der Waals surface area contributed by atoms with E-state index in [2.05, 4.69) is 19.3 Å². The van der Waals surface area contributed by atoms with Crippen LogP contribution >= 0.6 is 0 Å². The first-order chi connectivity index (χ1) is 14.3. The Morgan fingerprint density at radius 3 is 2.28 bits per heavy atom. The molecule has 0 bridgehead atoms. The normalized spacial score (nSPS) is 10.4. The van der Waals surface area contributed by atoms with Gasteiger partial charge in [-0.2, -0.15) is 0 Å². The third-order valence-corrected chi connectivity index (χ3v) is 4.64. The number of carbonyl (C=O) groups excluding carboxylic acids is 1. The van der Waals surface area contributed by atoms with E-state index in [-0.39, 0.29) is 6.61 Å². The van der Waals surface area contributed by atoms with Gasteiger partial charge >= 0.3 is 5.97 Å². The van der Waals surface area contributed by atoms with Gasteiger partial charge < -0.3 is 13.9 Å². The number of unbranched alkanes of at least 4 members (excludes halogenated alkanes) is 4. The molecule has 29 heavy (non-hydrogen) atoms. The van der Waals surface area contributed by atoms with E-state index in [0.717, 1.165) is 29.9 Å². The topological polar surface area (TPSA) is 48.7 Å². The summed E-state index contributed by atoms with van der Waals surface area (Å²) in [5.74, 6) is 1.01. The van der Waals surface area contributed by atoms with Crippen molar-refractivity contribution in [1.82, 2.24) is 0 Å². The van der Waals surface area contributed by atoms with Crippen LogP contribution in [0.15, 0.2) is 59.0 Å². The molecule has 0 saturated carbocycles. The van der Waals surface area contributed by atoms with Crippen LogP contribution in [0.25, 0.3) is 11.1 Å². The Morgan fingerprint density at radius 2 is 1.62 bits per heavy atom. The van der Waals surface area contributed by atoms with Crippen LogP contribution in [0.4, 0.5) is 0 Å². The summed E-state index contributed by atoms with van der Waals surface area (Å²) in [5, 5.41) is 0. The number of benzene rings is 2. The highest BCUT2D eigenvalue weighted by molar-refractivity contribution is 5.90. The van der Waals surface area contributed by atoms with Crippen molar-refractivity contribution in [2.45, 2.75) is 45.6 Å². The standard InChI is InChI=1S/C25H26O4/c1-2-3-4-5-6-17-27-23-15-13-21(14-16-23)20-9-11-22(12-10-20)25(26)29-19-24-8-7-18-28-24/h8-16H,2-6,17,19H2,1H3. The fourth-order valence-corrected chi connectivity index (χ4v) is 2.96. The van der Waals surface area contributed by atoms with Gasteiger partial charge in [0, 0.05) is 6.07 Å². The Bertz CT molecular complexity index is 849. The lowest BCUT2D eigenvalue weighted by atomic mass is 10.0. The van der Waals surface area contributed by atoms with Gasteiger partial charge in [-0.15, -0.1) is 0 Å². The monoisotopic (exact) mass is 390 g/mol. The van der Waals surface area contributed by atoms with Crippen molar-refractivity contribution >= 4 is 5.97 Å². The fourth-order valence-electron chi connectivity index (χ4n) is 2.96. The van der Waals surface area contributed by atoms with Gasteiger partial charge in [-0.05, 0) is 47.9 Å². The molecule has 0 amide bonds. The van der Waals surface area contributed by atoms with Gasteiger partial charge in [0.25, 0.3) is 0 Å². The first-order valence-corrected chi connectivity index (χ1v) is 10.1. The molecule has 0 fully saturated rings. The molecule has 0 radical (unpaired) electrons. The van der Waals surface area contributed by atoms with Crippen LogP contribution in [0, 0.1) is 12.3 Å². The molecule has 4 heteroatoms. The van der Waals surface area contributed by atoms with Crippen LogP contribution in [-0.4, -0.2) is 12.6 Å². The summed E-state index contributed by atoms with van der Waals surface area (Å²) in [7, 11) is 0. The molecule has 0 saturated heterocycles. The largest absolute Gasteiger partial charge is 0.494 e. The summed E-state index contributed by atoms with van der Waals surface area (Å²) in [6.45, 7) is 3.05. The second kappa shape index (κ2) is 11.0. The minimum absolute atomic E-state index is 0.0701. The molecule has 0 N–H and O–H groups in total. The average molecular weight is 390 g/mol. The van der Waals surface area contributed by atoms with Crippen molar-refractivity contribution in [1.29, 1.82) is 0 Å². The molecule has 1 aromatic heterocycles. The molecule has 0 aliphatic rings. The van der Waals surface area contributed by atoms with Crippen LogP contribution in [0.1, 0.15) is 55.1 Å². The van der Waals surface area contributed by atoms with Crippen molar-refractivity contribution in [3.63, 3.8) is 0 Å². The molecule has 0 aliphatic heterocycles. The molecule has 0 unspecified atom stereocenters. The molecular formula is C25H26O4. The summed E-state index contributed by atoms with van der Waals surface area (Å²) in [4.78, 5) is 12.1. The summed E-state index contributed by atoms with van der Waals surface area (Å²) in [6, 6.07) is 19.6. The van der Waals surface area contributed by atoms with Crippen LogP contribution in [0.3, 0.4) is 0 Å². The second-order valence-electron chi connectivity index (χ2n) is 6.90. The van der Waals surface area contributed by atoms with Crippen LogP contribution in [0.2, 0.25) is 0 Å². The molecule has 4 nitrogen and oxygen atoms in total. The SMILES string of the molecule is CCCCCCCOc1ccc(-c2ccc(C(=O)OCc3cc#co3)cc2)cc1. The third kappa shape index (κ3) is 6.43. The van der Waals surface area contributed by atoms with E-state index in [1.165, 1.54) is 25.7 Å². The van der Waals surface area contributed by atoms with E-state index in [9.17, 15) is 4.79 Å². The first-order valence-electron chi connectivity index (χ1n) is 10.1. The van der Waals surface area contributed by atoms with Gasteiger partial charge in [0.1, 0.15) is 12.0 Å². The maximum atomic E-state index is 12.1. The van der Waals surface area contributed by atoms with Crippen molar-refractivity contribution < 1.29 is 18.7 Å². The zero-order valence-corrected chi connectivity index (χ0v) is 16.8. The Morgan fingerprint density at radius 1 is 0.931 bits per heavy atom. The fraction of sp³-hybridized carbons (Fsp3) is 0.320. The van der Waals surface area contributed by atoms with E-state index in [4.69, 9.17) is 13.9 Å². The Kier molecular flexibility index (Phi) is 7.77. The van der Waals surface area contributed by atoms with Crippen molar-refractivity contribution in [2.24, 2.45) is 0 Å². The van der Waals surface area contributed by atoms with Gasteiger partial charge in [0.05, 0.1) is 12.2 Å². The molecule has 3 aromatic rings. The van der Waals surface area contributed by atoms with Gasteiger partial charge in [0.15, 0.2) is 12.4 Å². The van der Waals surface area contributed by atoms with Gasteiger partial charge in [-0.3, -0.25) is 0 Å². The summed E-state index contributed by atoms with van der Waals surface area (Å²) < 4.78 is 16.0. The lowest BCUT2D eigenvalue weighted by Gasteiger charge is -2.08. The maximum Gasteiger partial charge on any atom is 0.338 e. The average Bonchev–Trinajstić information content (AvgIpc) is 3.29. The third-order valence-electron chi connectivity index (χ3n) is 4.64. The van der Waals surface area contributed by atoms with Crippen molar-refractivity contribution in [3.05, 3.63) is 78.3 Å². The summed E-state index contributed by atoms with van der Waals surface area (Å²) in [6.07, 6.45) is 8.59. The predicted molar refractivity (Wildman–Crippen MR) is 112 cm³/mol. The number of hydrogen-bond acceptors (Lipinski definition) is 4. The number of hydrogen-bond donors (Lipinski definition) is 0. The molecule has 150 valence electrons. The zero-order chi connectivity index (χ0) is 20.3. The lowest BCUT2D eigenvalue weighted by molar-refractivity contribution is 0.0445. The van der Waals surface area contributed by atoms with Crippen LogP contribution < -0.4 is 4.74 Å². The molecule has 0 atom stereocenters. The van der Waals surface area contributed by atoms with Crippen molar-refractivity contribution in [2.75, 3.05) is 6.61 Å². The van der Waals surface area contributed by atoms with E-state index < -0.39 is 5.97 Å². The molecule has 3 rings (SSSR count). The number of carbonyl (C=O) groups is 1. The molecule has 0 spiro atoms. The highest BCUT2D eigenvalue weighted by Crippen LogP contribution is 2.23. The Hall–Kier alpha value is -3.19. The van der Waals surface area contributed by atoms with Crippen LogP contribution in [-0.2, 0) is 11.3 Å². The minimum atomic E-state index is -0.393. The quantitative estimate of drug-likeness (QED) is 0.287. The summed E-state index contributed by atoms with van der Waals surface area (Å²) in [5.41, 5.74) is 2.60.